The molecular weight excluding hydrogens is 992 g/mol. The van der Waals surface area contributed by atoms with Crippen LogP contribution in [0.3, 0.4) is 0 Å². The van der Waals surface area contributed by atoms with Gasteiger partial charge in [0.25, 0.3) is 13.4 Å². The molecule has 8 aromatic rings. The minimum atomic E-state index is -0.227. The molecule has 10 heteroatoms. The standard InChI is InChI=1S/C71H57B2N5O3/c1-8-24-48(25-9-1)75(49-26-10-2-11-27-49)55-40-41-59-64(43-55)80-66-45-57(77(52-32-16-5-17-33-52)53-34-18-6-19-35-53)46-67-69(66)73(59)61-47-60-70(74-71(61)81-67)78(54-36-20-7-21-37-54)62-42-56(44-65-68(62)72(60)58-38-22-23-39-63(58)79-65)76(50-28-12-3-13-29-50)51-30-14-4-15-31-51/h1-10,12-25,28-30,32-41,43-45,47,49,51,56-57H,11,26-27,31,42,46H2. The summed E-state index contributed by atoms with van der Waals surface area (Å²) in [4.78, 5) is 15.9. The van der Waals surface area contributed by atoms with Crippen LogP contribution in [-0.2, 0) is 0 Å². The van der Waals surface area contributed by atoms with E-state index in [4.69, 9.17) is 19.2 Å². The maximum Gasteiger partial charge on any atom is 0.262 e. The Bertz CT molecular complexity index is 3950. The van der Waals surface area contributed by atoms with Gasteiger partial charge in [-0.25, -0.2) is 0 Å². The number of aromatic nitrogens is 1. The number of para-hydroxylation sites is 6. The van der Waals surface area contributed by atoms with Gasteiger partial charge in [-0.1, -0.05) is 158 Å². The topological polar surface area (TPSA) is 53.5 Å². The minimum Gasteiger partial charge on any atom is -0.459 e. The Labute approximate surface area is 474 Å². The van der Waals surface area contributed by atoms with Gasteiger partial charge in [0, 0.05) is 70.2 Å². The van der Waals surface area contributed by atoms with E-state index in [9.17, 15) is 0 Å². The van der Waals surface area contributed by atoms with Crippen molar-refractivity contribution < 1.29 is 14.2 Å². The third kappa shape index (κ3) is 8.09. The molecule has 4 atom stereocenters. The van der Waals surface area contributed by atoms with E-state index in [2.05, 4.69) is 268 Å². The lowest BCUT2D eigenvalue weighted by atomic mass is 9.30. The summed E-state index contributed by atoms with van der Waals surface area (Å²) in [6.07, 6.45) is 23.7. The number of anilines is 7. The Balaban J connectivity index is 0.896. The molecule has 4 aliphatic heterocycles. The monoisotopic (exact) mass is 1050 g/mol. The predicted octanol–water partition coefficient (Wildman–Crippen LogP) is 13.0. The van der Waals surface area contributed by atoms with Gasteiger partial charge in [0.1, 0.15) is 34.6 Å². The van der Waals surface area contributed by atoms with E-state index in [0.29, 0.717) is 18.3 Å². The molecule has 0 spiro atoms. The van der Waals surface area contributed by atoms with Crippen LogP contribution in [0.4, 0.5) is 39.9 Å². The second-order valence-electron chi connectivity index (χ2n) is 22.2. The van der Waals surface area contributed by atoms with Crippen molar-refractivity contribution in [1.82, 2.24) is 4.98 Å². The van der Waals surface area contributed by atoms with Crippen molar-refractivity contribution in [1.29, 1.82) is 0 Å². The number of allylic oxidation sites excluding steroid dienone is 5. The maximum absolute atomic E-state index is 7.50. The molecule has 0 fully saturated rings. The fourth-order valence-electron chi connectivity index (χ4n) is 14.2. The molecule has 8 aliphatic rings. The van der Waals surface area contributed by atoms with Gasteiger partial charge in [-0.3, -0.25) is 4.90 Å². The van der Waals surface area contributed by atoms with E-state index in [1.807, 2.05) is 0 Å². The average Bonchev–Trinajstić information content (AvgIpc) is 3.57. The average molecular weight is 1050 g/mol. The molecule has 7 aromatic carbocycles. The first kappa shape index (κ1) is 47.6. The van der Waals surface area contributed by atoms with Crippen LogP contribution in [0.15, 0.2) is 283 Å². The summed E-state index contributed by atoms with van der Waals surface area (Å²) in [6.45, 7) is -0.390. The number of hydrogen-bond donors (Lipinski definition) is 0. The number of benzene rings is 7. The number of ether oxygens (including phenoxy) is 3. The van der Waals surface area contributed by atoms with Crippen LogP contribution in [0.2, 0.25) is 0 Å². The van der Waals surface area contributed by atoms with E-state index in [0.717, 1.165) is 117 Å². The molecule has 0 saturated heterocycles. The highest BCUT2D eigenvalue weighted by Crippen LogP contribution is 2.48. The van der Waals surface area contributed by atoms with Gasteiger partial charge < -0.3 is 28.9 Å². The molecule has 1 aromatic heterocycles. The molecular formula is C71H57B2N5O3. The molecule has 390 valence electrons. The summed E-state index contributed by atoms with van der Waals surface area (Å²) in [7, 11) is 0. The molecule has 0 radical (unpaired) electrons. The predicted molar refractivity (Wildman–Crippen MR) is 331 cm³/mol. The lowest BCUT2D eigenvalue weighted by Gasteiger charge is -2.47. The van der Waals surface area contributed by atoms with E-state index in [1.165, 1.54) is 22.5 Å². The highest BCUT2D eigenvalue weighted by Gasteiger charge is 2.51. The van der Waals surface area contributed by atoms with Gasteiger partial charge in [0.2, 0.25) is 5.88 Å². The first-order valence-electron chi connectivity index (χ1n) is 28.8. The number of nitrogens with zero attached hydrogens (tertiary/aromatic N) is 5. The highest BCUT2D eigenvalue weighted by atomic mass is 16.5. The van der Waals surface area contributed by atoms with Crippen LogP contribution >= 0.6 is 0 Å². The number of fused-ring (bicyclic) bond motifs is 8. The molecule has 0 N–H and O–H groups in total. The quantitative estimate of drug-likeness (QED) is 0.0992. The van der Waals surface area contributed by atoms with Crippen molar-refractivity contribution in [3.8, 4) is 17.4 Å². The molecule has 16 rings (SSSR count). The molecule has 0 bridgehead atoms. The third-order valence-corrected chi connectivity index (χ3v) is 17.6. The van der Waals surface area contributed by atoms with Crippen molar-refractivity contribution in [3.63, 3.8) is 0 Å². The van der Waals surface area contributed by atoms with Crippen LogP contribution in [0.5, 0.6) is 17.4 Å². The zero-order valence-electron chi connectivity index (χ0n) is 44.8. The van der Waals surface area contributed by atoms with Crippen molar-refractivity contribution >= 4 is 75.2 Å². The van der Waals surface area contributed by atoms with Gasteiger partial charge in [-0.05, 0) is 138 Å². The molecule has 4 aliphatic carbocycles. The van der Waals surface area contributed by atoms with Gasteiger partial charge in [-0.15, -0.1) is 0 Å². The second kappa shape index (κ2) is 19.7. The first-order chi connectivity index (χ1) is 40.2. The van der Waals surface area contributed by atoms with E-state index < -0.39 is 0 Å². The first-order valence-corrected chi connectivity index (χ1v) is 28.8. The molecule has 4 unspecified atom stereocenters. The minimum absolute atomic E-state index is 0.0415. The van der Waals surface area contributed by atoms with Crippen molar-refractivity contribution in [2.75, 3.05) is 19.6 Å². The Morgan fingerprint density at radius 1 is 0.469 bits per heavy atom. The second-order valence-corrected chi connectivity index (χ2v) is 22.2. The van der Waals surface area contributed by atoms with Gasteiger partial charge in [0.05, 0.1) is 18.1 Å². The fraction of sp³-hybridized carbons (Fsp3) is 0.141. The summed E-state index contributed by atoms with van der Waals surface area (Å²) in [5, 5.41) is 0. The lowest BCUT2D eigenvalue weighted by molar-refractivity contribution is 0.355. The van der Waals surface area contributed by atoms with Crippen LogP contribution in [0.25, 0.3) is 0 Å². The van der Waals surface area contributed by atoms with Gasteiger partial charge >= 0.3 is 0 Å². The Kier molecular flexibility index (Phi) is 11.6. The van der Waals surface area contributed by atoms with Crippen molar-refractivity contribution in [2.45, 2.75) is 62.7 Å². The fourth-order valence-corrected chi connectivity index (χ4v) is 14.2. The molecule has 0 saturated carbocycles. The Morgan fingerprint density at radius 3 is 1.80 bits per heavy atom. The number of hydrogen-bond acceptors (Lipinski definition) is 8. The van der Waals surface area contributed by atoms with Crippen molar-refractivity contribution in [3.05, 3.63) is 283 Å². The van der Waals surface area contributed by atoms with Crippen LogP contribution in [0, 0.1) is 0 Å². The zero-order chi connectivity index (χ0) is 53.4. The number of rotatable bonds is 10. The van der Waals surface area contributed by atoms with Crippen LogP contribution in [0.1, 0.15) is 38.5 Å². The summed E-state index contributed by atoms with van der Waals surface area (Å²) >= 11 is 0. The van der Waals surface area contributed by atoms with Gasteiger partial charge in [-0.2, -0.15) is 4.98 Å². The molecule has 81 heavy (non-hydrogen) atoms. The summed E-state index contributed by atoms with van der Waals surface area (Å²) in [6, 6.07) is 72.2. The summed E-state index contributed by atoms with van der Waals surface area (Å²) in [5.74, 6) is 5.81. The maximum atomic E-state index is 7.50. The normalized spacial score (nSPS) is 20.4. The third-order valence-electron chi connectivity index (χ3n) is 17.6. The largest absolute Gasteiger partial charge is 0.459 e. The zero-order valence-corrected chi connectivity index (χ0v) is 44.8. The Morgan fingerprint density at radius 2 is 1.10 bits per heavy atom. The van der Waals surface area contributed by atoms with E-state index in [-0.39, 0.29) is 31.6 Å². The smallest absolute Gasteiger partial charge is 0.262 e. The molecule has 5 heterocycles. The highest BCUT2D eigenvalue weighted by molar-refractivity contribution is 6.96. The van der Waals surface area contributed by atoms with E-state index in [1.54, 1.807) is 0 Å². The van der Waals surface area contributed by atoms with Crippen LogP contribution in [-0.4, -0.2) is 42.6 Å². The lowest BCUT2D eigenvalue weighted by Crippen LogP contribution is -2.60. The molecule has 0 amide bonds. The summed E-state index contributed by atoms with van der Waals surface area (Å²) in [5.41, 5.74) is 14.5. The summed E-state index contributed by atoms with van der Waals surface area (Å²) < 4.78 is 22.1. The van der Waals surface area contributed by atoms with Gasteiger partial charge in [0.15, 0.2) is 0 Å². The number of pyridine rings is 1. The SMILES string of the molecule is C1=CCC(N(c2ccccc2)C2C=C3Oc4ccccc4B4C3=C(C2)N(c2ccccc2)c2nc3c(cc24)B2C4=C(CC(N(c5ccccc5)c5ccccc5)C=C4Oc4cc(N(c5ccccc5)C5CC=CCC5)ccc42)O3)C=C1. The van der Waals surface area contributed by atoms with Crippen molar-refractivity contribution in [2.24, 2.45) is 0 Å². The van der Waals surface area contributed by atoms with E-state index >= 15 is 0 Å². The Hall–Kier alpha value is -9.40. The molecule has 8 nitrogen and oxygen atoms in total. The van der Waals surface area contributed by atoms with Crippen LogP contribution < -0.4 is 55.7 Å².